The lowest BCUT2D eigenvalue weighted by molar-refractivity contribution is -0.160. The highest BCUT2D eigenvalue weighted by Crippen LogP contribution is 2.48. The third-order valence-electron chi connectivity index (χ3n) is 12.4. The van der Waals surface area contributed by atoms with Crippen LogP contribution in [-0.2, 0) is 35.3 Å². The van der Waals surface area contributed by atoms with Crippen LogP contribution in [0.25, 0.3) is 22.3 Å². The van der Waals surface area contributed by atoms with Gasteiger partial charge in [0.2, 0.25) is 17.7 Å². The Morgan fingerprint density at radius 2 is 1.72 bits per heavy atom. The fourth-order valence-electron chi connectivity index (χ4n) is 9.34. The van der Waals surface area contributed by atoms with Crippen molar-refractivity contribution in [3.05, 3.63) is 93.5 Å². The second kappa shape index (κ2) is 16.1. The molecule has 58 heavy (non-hydrogen) atoms. The van der Waals surface area contributed by atoms with Gasteiger partial charge in [-0.2, -0.15) is 18.2 Å². The number of rotatable bonds is 13. The Hall–Kier alpha value is -4.85. The number of carbonyl (C=O) groups is 2. The summed E-state index contributed by atoms with van der Waals surface area (Å²) in [5.74, 6) is -0.624. The highest BCUT2D eigenvalue weighted by molar-refractivity contribution is 6.36. The molecule has 14 heteroatoms. The van der Waals surface area contributed by atoms with Crippen LogP contribution >= 0.6 is 11.6 Å². The fraction of sp³-hybridized carbons (Fsp3) is 0.432. The Kier molecular flexibility index (Phi) is 11.1. The monoisotopic (exact) mass is 818 g/mol. The minimum absolute atomic E-state index is 0.0179. The maximum absolute atomic E-state index is 14.7. The van der Waals surface area contributed by atoms with E-state index in [1.54, 1.807) is 7.11 Å². The van der Waals surface area contributed by atoms with Crippen LogP contribution in [0.15, 0.2) is 60.7 Å². The molecule has 3 aromatic carbocycles. The molecule has 0 radical (unpaired) electrons. The molecule has 2 bridgehead atoms. The van der Waals surface area contributed by atoms with Crippen molar-refractivity contribution in [1.29, 1.82) is 0 Å². The normalized spacial score (nSPS) is 22.8. The molecule has 2 atom stereocenters. The van der Waals surface area contributed by atoms with Crippen LogP contribution in [0.4, 0.5) is 13.2 Å². The van der Waals surface area contributed by atoms with E-state index in [1.165, 1.54) is 7.11 Å². The molecule has 2 aliphatic carbocycles. The largest absolute Gasteiger partial charge is 0.496 e. The first-order chi connectivity index (χ1) is 27.9. The van der Waals surface area contributed by atoms with Crippen molar-refractivity contribution in [1.82, 2.24) is 20.5 Å². The molecule has 1 amide bonds. The summed E-state index contributed by atoms with van der Waals surface area (Å²) in [6.07, 6.45) is -0.642. The molecular formula is C44H46ClF3N4O6. The molecule has 0 spiro atoms. The van der Waals surface area contributed by atoms with Gasteiger partial charge in [-0.15, -0.1) is 0 Å². The number of halogens is 4. The number of aliphatic carboxylic acids is 1. The number of carboxylic acids is 1. The first-order valence-corrected chi connectivity index (χ1v) is 20.1. The Balaban J connectivity index is 1.03. The van der Waals surface area contributed by atoms with E-state index in [0.29, 0.717) is 68.8 Å². The van der Waals surface area contributed by atoms with Crippen LogP contribution in [0, 0.1) is 5.41 Å². The number of fused-ring (bicyclic) bond motifs is 4. The number of aromatic nitrogens is 1. The van der Waals surface area contributed by atoms with Crippen LogP contribution in [0.1, 0.15) is 78.9 Å². The van der Waals surface area contributed by atoms with Crippen molar-refractivity contribution < 1.29 is 42.1 Å². The minimum Gasteiger partial charge on any atom is -0.496 e. The van der Waals surface area contributed by atoms with Gasteiger partial charge in [0, 0.05) is 66.9 Å². The quantitative estimate of drug-likeness (QED) is 0.122. The SMILES string of the molecule is COc1cc(-c2cccc(-c3cccc4c3CC[C@@H]4Oc3nc(OC)c(CN4CC5(C(=O)O)CCC4CC5)cc3C(F)(F)F)c2Cl)ccc1CNC[C@@H]1CCC(=O)N1. The van der Waals surface area contributed by atoms with Gasteiger partial charge >= 0.3 is 12.1 Å². The number of ether oxygens (including phenoxy) is 3. The Morgan fingerprint density at radius 3 is 2.43 bits per heavy atom. The van der Waals surface area contributed by atoms with Crippen LogP contribution < -0.4 is 24.8 Å². The lowest BCUT2D eigenvalue weighted by atomic mass is 9.67. The number of alkyl halides is 3. The van der Waals surface area contributed by atoms with Crippen molar-refractivity contribution in [2.24, 2.45) is 5.41 Å². The van der Waals surface area contributed by atoms with Crippen LogP contribution in [0.2, 0.25) is 5.02 Å². The van der Waals surface area contributed by atoms with Gasteiger partial charge in [0.05, 0.1) is 24.7 Å². The number of hydrogen-bond donors (Lipinski definition) is 3. The molecule has 4 heterocycles. The molecule has 3 aliphatic heterocycles. The number of benzene rings is 3. The van der Waals surface area contributed by atoms with Gasteiger partial charge in [0.25, 0.3) is 0 Å². The van der Waals surface area contributed by atoms with Gasteiger partial charge in [-0.25, -0.2) is 0 Å². The van der Waals surface area contributed by atoms with Gasteiger partial charge in [0.15, 0.2) is 0 Å². The minimum atomic E-state index is -4.77. The topological polar surface area (TPSA) is 122 Å². The molecular weight excluding hydrogens is 773 g/mol. The molecule has 1 aromatic heterocycles. The van der Waals surface area contributed by atoms with Crippen molar-refractivity contribution in [2.75, 3.05) is 27.3 Å². The van der Waals surface area contributed by atoms with E-state index in [-0.39, 0.29) is 42.5 Å². The molecule has 0 unspecified atom stereocenters. The molecule has 306 valence electrons. The summed E-state index contributed by atoms with van der Waals surface area (Å²) < 4.78 is 61.7. The maximum atomic E-state index is 14.7. The zero-order valence-electron chi connectivity index (χ0n) is 32.4. The first-order valence-electron chi connectivity index (χ1n) is 19.7. The molecule has 10 nitrogen and oxygen atoms in total. The summed E-state index contributed by atoms with van der Waals surface area (Å²) in [5.41, 5.74) is 4.33. The zero-order chi connectivity index (χ0) is 40.8. The van der Waals surface area contributed by atoms with E-state index < -0.39 is 35.1 Å². The molecule has 9 rings (SSSR count). The number of piperidine rings is 2. The Labute approximate surface area is 340 Å². The molecule has 4 fully saturated rings. The van der Waals surface area contributed by atoms with E-state index in [1.807, 2.05) is 59.5 Å². The lowest BCUT2D eigenvalue weighted by Gasteiger charge is -2.50. The van der Waals surface area contributed by atoms with Gasteiger partial charge in [0.1, 0.15) is 17.4 Å². The van der Waals surface area contributed by atoms with Gasteiger partial charge in [-0.1, -0.05) is 60.1 Å². The average Bonchev–Trinajstić information content (AvgIpc) is 3.83. The average molecular weight is 819 g/mol. The summed E-state index contributed by atoms with van der Waals surface area (Å²) in [7, 11) is 2.99. The second-order valence-electron chi connectivity index (χ2n) is 15.9. The summed E-state index contributed by atoms with van der Waals surface area (Å²) in [4.78, 5) is 30.0. The number of carboxylic acid groups (broad SMARTS) is 1. The number of pyridine rings is 1. The van der Waals surface area contributed by atoms with Crippen LogP contribution in [0.3, 0.4) is 0 Å². The lowest BCUT2D eigenvalue weighted by Crippen LogP contribution is -2.56. The molecule has 4 aromatic rings. The number of nitrogens with zero attached hydrogens (tertiary/aromatic N) is 2. The maximum Gasteiger partial charge on any atom is 0.421 e. The van der Waals surface area contributed by atoms with E-state index in [9.17, 15) is 27.9 Å². The highest BCUT2D eigenvalue weighted by atomic mass is 35.5. The Bertz CT molecular complexity index is 2230. The summed E-state index contributed by atoms with van der Waals surface area (Å²) in [6.45, 7) is 1.58. The summed E-state index contributed by atoms with van der Waals surface area (Å²) in [6, 6.07) is 18.7. The molecule has 1 saturated carbocycles. The van der Waals surface area contributed by atoms with Crippen LogP contribution in [-0.4, -0.2) is 66.3 Å². The van der Waals surface area contributed by atoms with Gasteiger partial charge in [-0.05, 0) is 79.3 Å². The zero-order valence-corrected chi connectivity index (χ0v) is 33.1. The van der Waals surface area contributed by atoms with E-state index in [0.717, 1.165) is 51.4 Å². The molecule has 3 saturated heterocycles. The van der Waals surface area contributed by atoms with Crippen LogP contribution in [0.5, 0.6) is 17.5 Å². The molecule has 3 N–H and O–H groups in total. The molecule has 5 aliphatic rings. The number of hydrogen-bond acceptors (Lipinski definition) is 8. The van der Waals surface area contributed by atoms with E-state index in [2.05, 4.69) is 15.6 Å². The van der Waals surface area contributed by atoms with Crippen molar-refractivity contribution >= 4 is 23.5 Å². The van der Waals surface area contributed by atoms with Crippen molar-refractivity contribution in [3.63, 3.8) is 0 Å². The van der Waals surface area contributed by atoms with E-state index >= 15 is 0 Å². The van der Waals surface area contributed by atoms with Gasteiger partial charge in [-0.3, -0.25) is 14.5 Å². The van der Waals surface area contributed by atoms with Crippen molar-refractivity contribution in [2.45, 2.75) is 88.8 Å². The van der Waals surface area contributed by atoms with E-state index in [4.69, 9.17) is 25.8 Å². The Morgan fingerprint density at radius 1 is 0.966 bits per heavy atom. The number of amides is 1. The number of carbonyl (C=O) groups excluding carboxylic acids is 1. The predicted octanol–water partition coefficient (Wildman–Crippen LogP) is 8.37. The van der Waals surface area contributed by atoms with Crippen molar-refractivity contribution in [3.8, 4) is 39.8 Å². The number of nitrogens with one attached hydrogen (secondary N) is 2. The highest BCUT2D eigenvalue weighted by Gasteiger charge is 2.50. The fourth-order valence-corrected chi connectivity index (χ4v) is 9.68. The third kappa shape index (κ3) is 7.71. The predicted molar refractivity (Wildman–Crippen MR) is 212 cm³/mol. The first kappa shape index (κ1) is 40.0. The summed E-state index contributed by atoms with van der Waals surface area (Å²) in [5, 5.41) is 16.9. The standard InChI is InChI=1S/C44H46ClF3N4O6/c1-56-37-20-25(9-10-26(37)21-49-22-28-11-14-38(53)50-28)30-5-3-8-34(39(30)45)31-6-4-7-33-32(31)12-13-36(33)58-41-35(44(46,47)48)19-27(40(51-41)57-2)23-52-24-43(42(54)55)17-15-29(52)16-18-43/h3-10,19-20,28-29,36,49H,11-18,21-24H2,1-2H3,(H,50,53)(H,54,55)/t28-,29?,36-,43?/m0/s1. The van der Waals surface area contributed by atoms with Gasteiger partial charge < -0.3 is 30.0 Å². The second-order valence-corrected chi connectivity index (χ2v) is 16.3. The third-order valence-corrected chi connectivity index (χ3v) is 12.8. The smallest absolute Gasteiger partial charge is 0.421 e. The summed E-state index contributed by atoms with van der Waals surface area (Å²) >= 11 is 7.18. The number of methoxy groups -OCH3 is 2.